The molecular formula is C22H17N5O7. The lowest BCUT2D eigenvalue weighted by molar-refractivity contribution is -0.385. The van der Waals surface area contributed by atoms with Gasteiger partial charge >= 0.3 is 0 Å². The van der Waals surface area contributed by atoms with Crippen molar-refractivity contribution in [2.75, 3.05) is 11.9 Å². The number of rotatable bonds is 9. The number of amides is 2. The molecule has 0 saturated carbocycles. The van der Waals surface area contributed by atoms with E-state index >= 15 is 0 Å². The zero-order chi connectivity index (χ0) is 24.5. The van der Waals surface area contributed by atoms with Gasteiger partial charge in [0.1, 0.15) is 5.75 Å². The Morgan fingerprint density at radius 3 is 2.24 bits per heavy atom. The number of carbonyl (C=O) groups is 2. The van der Waals surface area contributed by atoms with Gasteiger partial charge in [-0.25, -0.2) is 5.43 Å². The third-order valence-corrected chi connectivity index (χ3v) is 4.31. The molecule has 0 aliphatic rings. The van der Waals surface area contributed by atoms with Gasteiger partial charge in [-0.3, -0.25) is 29.8 Å². The van der Waals surface area contributed by atoms with Gasteiger partial charge in [0.05, 0.1) is 16.1 Å². The number of nitrogens with one attached hydrogen (secondary N) is 2. The molecule has 0 aliphatic heterocycles. The fourth-order valence-corrected chi connectivity index (χ4v) is 2.66. The summed E-state index contributed by atoms with van der Waals surface area (Å²) in [7, 11) is 0. The third kappa shape index (κ3) is 6.68. The van der Waals surface area contributed by atoms with Gasteiger partial charge in [0.15, 0.2) is 6.61 Å². The van der Waals surface area contributed by atoms with Crippen LogP contribution in [0, 0.1) is 20.2 Å². The van der Waals surface area contributed by atoms with Gasteiger partial charge in [-0.15, -0.1) is 0 Å². The summed E-state index contributed by atoms with van der Waals surface area (Å²) in [5, 5.41) is 27.8. The Labute approximate surface area is 192 Å². The highest BCUT2D eigenvalue weighted by Crippen LogP contribution is 2.17. The molecule has 2 amide bonds. The number of nitrogens with zero attached hydrogens (tertiary/aromatic N) is 3. The molecule has 2 N–H and O–H groups in total. The maximum Gasteiger partial charge on any atom is 0.271 e. The van der Waals surface area contributed by atoms with Crippen LogP contribution in [-0.4, -0.2) is 34.5 Å². The average molecular weight is 463 g/mol. The van der Waals surface area contributed by atoms with Crippen LogP contribution >= 0.6 is 0 Å². The zero-order valence-electron chi connectivity index (χ0n) is 17.4. The van der Waals surface area contributed by atoms with Crippen LogP contribution in [0.15, 0.2) is 77.9 Å². The van der Waals surface area contributed by atoms with Crippen molar-refractivity contribution in [3.05, 3.63) is 104 Å². The van der Waals surface area contributed by atoms with Crippen LogP contribution in [0.2, 0.25) is 0 Å². The number of nitro benzene ring substituents is 2. The Hall–Kier alpha value is -5.13. The zero-order valence-corrected chi connectivity index (χ0v) is 17.4. The largest absolute Gasteiger partial charge is 0.484 e. The molecule has 3 aromatic carbocycles. The lowest BCUT2D eigenvalue weighted by Gasteiger charge is -2.07. The molecule has 0 bridgehead atoms. The molecule has 0 atom stereocenters. The molecule has 0 aliphatic carbocycles. The summed E-state index contributed by atoms with van der Waals surface area (Å²) in [5.74, 6) is -0.609. The van der Waals surface area contributed by atoms with Crippen LogP contribution < -0.4 is 15.5 Å². The van der Waals surface area contributed by atoms with Gasteiger partial charge in [0, 0.05) is 35.5 Å². The number of hydrazone groups is 1. The van der Waals surface area contributed by atoms with E-state index in [-0.39, 0.29) is 29.2 Å². The first-order valence-electron chi connectivity index (χ1n) is 9.67. The first kappa shape index (κ1) is 23.5. The van der Waals surface area contributed by atoms with Crippen molar-refractivity contribution < 1.29 is 24.2 Å². The molecule has 3 aromatic rings. The number of nitro groups is 2. The molecule has 3 rings (SSSR count). The number of anilines is 1. The van der Waals surface area contributed by atoms with E-state index in [9.17, 15) is 29.8 Å². The minimum Gasteiger partial charge on any atom is -0.484 e. The molecule has 0 heterocycles. The normalized spacial score (nSPS) is 10.5. The van der Waals surface area contributed by atoms with E-state index in [2.05, 4.69) is 15.8 Å². The van der Waals surface area contributed by atoms with Crippen LogP contribution in [0.3, 0.4) is 0 Å². The standard InChI is InChI=1S/C22H17N5O7/c28-21(24-17-2-1-3-19(12-17)27(32)33)14-34-20-10-4-15(5-11-20)13-23-25-22(29)16-6-8-18(9-7-16)26(30)31/h1-13H,14H2,(H,24,28)(H,25,29)/b23-13+. The highest BCUT2D eigenvalue weighted by Gasteiger charge is 2.10. The number of hydrogen-bond acceptors (Lipinski definition) is 8. The van der Waals surface area contributed by atoms with Crippen molar-refractivity contribution in [3.8, 4) is 5.75 Å². The molecule has 0 fully saturated rings. The van der Waals surface area contributed by atoms with Crippen LogP contribution in [0.5, 0.6) is 5.75 Å². The highest BCUT2D eigenvalue weighted by atomic mass is 16.6. The fourth-order valence-electron chi connectivity index (χ4n) is 2.66. The first-order valence-corrected chi connectivity index (χ1v) is 9.67. The maximum absolute atomic E-state index is 12.0. The van der Waals surface area contributed by atoms with Gasteiger partial charge in [0.25, 0.3) is 23.2 Å². The van der Waals surface area contributed by atoms with Crippen LogP contribution in [0.4, 0.5) is 17.1 Å². The van der Waals surface area contributed by atoms with Crippen molar-refractivity contribution in [2.24, 2.45) is 5.10 Å². The Bertz CT molecular complexity index is 1240. The van der Waals surface area contributed by atoms with Gasteiger partial charge < -0.3 is 10.1 Å². The minimum absolute atomic E-state index is 0.121. The second-order valence-electron chi connectivity index (χ2n) is 6.72. The molecule has 0 unspecified atom stereocenters. The molecule has 12 nitrogen and oxygen atoms in total. The second kappa shape index (κ2) is 10.9. The number of hydrogen-bond donors (Lipinski definition) is 2. The van der Waals surface area contributed by atoms with E-state index < -0.39 is 21.7 Å². The summed E-state index contributed by atoms with van der Waals surface area (Å²) >= 11 is 0. The smallest absolute Gasteiger partial charge is 0.271 e. The molecule has 0 aromatic heterocycles. The summed E-state index contributed by atoms with van der Waals surface area (Å²) in [5.41, 5.74) is 3.20. The van der Waals surface area contributed by atoms with E-state index in [1.54, 1.807) is 24.3 Å². The summed E-state index contributed by atoms with van der Waals surface area (Å²) < 4.78 is 5.39. The van der Waals surface area contributed by atoms with Gasteiger partial charge in [-0.05, 0) is 48.0 Å². The summed E-state index contributed by atoms with van der Waals surface area (Å²) in [4.78, 5) is 44.3. The van der Waals surface area contributed by atoms with Crippen LogP contribution in [-0.2, 0) is 4.79 Å². The van der Waals surface area contributed by atoms with E-state index in [0.717, 1.165) is 0 Å². The van der Waals surface area contributed by atoms with Gasteiger partial charge in [-0.1, -0.05) is 6.07 Å². The second-order valence-corrected chi connectivity index (χ2v) is 6.72. The van der Waals surface area contributed by atoms with E-state index in [1.807, 2.05) is 0 Å². The van der Waals surface area contributed by atoms with Crippen molar-refractivity contribution >= 4 is 35.1 Å². The van der Waals surface area contributed by atoms with Gasteiger partial charge in [0.2, 0.25) is 0 Å². The number of carbonyl (C=O) groups excluding carboxylic acids is 2. The summed E-state index contributed by atoms with van der Waals surface area (Å²) in [6, 6.07) is 17.1. The fraction of sp³-hybridized carbons (Fsp3) is 0.0455. The maximum atomic E-state index is 12.0. The monoisotopic (exact) mass is 463 g/mol. The van der Waals surface area contributed by atoms with Crippen molar-refractivity contribution in [2.45, 2.75) is 0 Å². The van der Waals surface area contributed by atoms with Crippen molar-refractivity contribution in [3.63, 3.8) is 0 Å². The summed E-state index contributed by atoms with van der Waals surface area (Å²) in [6.45, 7) is -0.304. The minimum atomic E-state index is -0.559. The van der Waals surface area contributed by atoms with Crippen molar-refractivity contribution in [1.29, 1.82) is 0 Å². The van der Waals surface area contributed by atoms with Gasteiger partial charge in [-0.2, -0.15) is 5.10 Å². The number of non-ortho nitro benzene ring substituents is 2. The predicted molar refractivity (Wildman–Crippen MR) is 122 cm³/mol. The summed E-state index contributed by atoms with van der Waals surface area (Å²) in [6.07, 6.45) is 1.39. The molecule has 12 heteroatoms. The average Bonchev–Trinajstić information content (AvgIpc) is 2.83. The topological polar surface area (TPSA) is 166 Å². The predicted octanol–water partition coefficient (Wildman–Crippen LogP) is 3.28. The first-order chi connectivity index (χ1) is 16.3. The Kier molecular flexibility index (Phi) is 7.58. The van der Waals surface area contributed by atoms with Crippen LogP contribution in [0.25, 0.3) is 0 Å². The van der Waals surface area contributed by atoms with E-state index in [4.69, 9.17) is 4.74 Å². The Morgan fingerprint density at radius 1 is 0.912 bits per heavy atom. The highest BCUT2D eigenvalue weighted by molar-refractivity contribution is 5.95. The number of ether oxygens (including phenoxy) is 1. The van der Waals surface area contributed by atoms with Crippen LogP contribution in [0.1, 0.15) is 15.9 Å². The van der Waals surface area contributed by atoms with Crippen molar-refractivity contribution in [1.82, 2.24) is 5.43 Å². The van der Waals surface area contributed by atoms with E-state index in [1.165, 1.54) is 54.7 Å². The number of benzene rings is 3. The molecule has 0 spiro atoms. The molecule has 0 radical (unpaired) electrons. The quantitative estimate of drug-likeness (QED) is 0.279. The molecule has 172 valence electrons. The SMILES string of the molecule is O=C(COc1ccc(/C=N/NC(=O)c2ccc([N+](=O)[O-])cc2)cc1)Nc1cccc([N+](=O)[O-])c1. The molecule has 34 heavy (non-hydrogen) atoms. The Morgan fingerprint density at radius 2 is 1.59 bits per heavy atom. The lowest BCUT2D eigenvalue weighted by atomic mass is 10.2. The molecular weight excluding hydrogens is 446 g/mol. The third-order valence-electron chi connectivity index (χ3n) is 4.31. The van der Waals surface area contributed by atoms with E-state index in [0.29, 0.717) is 11.3 Å². The molecule has 0 saturated heterocycles. The Balaban J connectivity index is 1.47. The lowest BCUT2D eigenvalue weighted by Crippen LogP contribution is -2.20.